The van der Waals surface area contributed by atoms with Crippen LogP contribution in [0.2, 0.25) is 6.32 Å². The molecule has 0 aromatic carbocycles. The van der Waals surface area contributed by atoms with Crippen molar-refractivity contribution in [2.45, 2.75) is 12.4 Å². The summed E-state index contributed by atoms with van der Waals surface area (Å²) in [6, 6.07) is 0. The second-order valence-electron chi connectivity index (χ2n) is 2.00. The number of aliphatic hydroxyl groups is 1. The molecule has 1 atom stereocenters. The Hall–Kier alpha value is 0.135. The summed E-state index contributed by atoms with van der Waals surface area (Å²) in [5.74, 6) is 0. The highest BCUT2D eigenvalue weighted by atomic mass is 31.2. The zero-order valence-electron chi connectivity index (χ0n) is 5.88. The zero-order valence-corrected chi connectivity index (χ0v) is 6.78. The Bertz CT molecular complexity index is 141. The minimum Gasteiger partial charge on any atom is -0.394 e. The molecule has 0 spiro atoms. The molecule has 64 valence electrons. The first kappa shape index (κ1) is 11.1. The van der Waals surface area contributed by atoms with E-state index in [1.807, 2.05) is 0 Å². The fourth-order valence-electron chi connectivity index (χ4n) is 0.398. The second kappa shape index (κ2) is 4.90. The van der Waals surface area contributed by atoms with Gasteiger partial charge in [-0.3, -0.25) is 4.57 Å². The average Bonchev–Trinajstić information content (AvgIpc) is 1.88. The van der Waals surface area contributed by atoms with Crippen LogP contribution in [0.15, 0.2) is 0 Å². The van der Waals surface area contributed by atoms with Gasteiger partial charge >= 0.3 is 7.60 Å². The molecule has 2 radical (unpaired) electrons. The van der Waals surface area contributed by atoms with Crippen LogP contribution in [0, 0.1) is 0 Å². The molecular formula is C4H10BO5P. The van der Waals surface area contributed by atoms with Gasteiger partial charge in [0.15, 0.2) is 0 Å². The lowest BCUT2D eigenvalue weighted by Gasteiger charge is -2.13. The molecule has 11 heavy (non-hydrogen) atoms. The maximum absolute atomic E-state index is 10.2. The van der Waals surface area contributed by atoms with Gasteiger partial charge in [-0.15, -0.1) is 0 Å². The SMILES string of the molecule is [B]C[C@@H](CO)OCP(=O)(O)O. The van der Waals surface area contributed by atoms with Gasteiger partial charge < -0.3 is 19.6 Å². The predicted octanol–water partition coefficient (Wildman–Crippen LogP) is -0.914. The summed E-state index contributed by atoms with van der Waals surface area (Å²) in [5.41, 5.74) is 0. The molecule has 0 aromatic heterocycles. The highest BCUT2D eigenvalue weighted by Gasteiger charge is 2.15. The molecule has 7 heteroatoms. The van der Waals surface area contributed by atoms with Crippen LogP contribution in [0.25, 0.3) is 0 Å². The molecule has 3 N–H and O–H groups in total. The molecule has 0 aromatic rings. The molecule has 0 saturated heterocycles. The summed E-state index contributed by atoms with van der Waals surface area (Å²) in [6.07, 6.45) is -1.35. The maximum atomic E-state index is 10.2. The highest BCUT2D eigenvalue weighted by Crippen LogP contribution is 2.34. The maximum Gasteiger partial charge on any atom is 0.350 e. The first-order valence-corrected chi connectivity index (χ1v) is 4.76. The molecule has 0 aliphatic rings. The van der Waals surface area contributed by atoms with E-state index in [9.17, 15) is 4.57 Å². The fourth-order valence-corrected chi connectivity index (χ4v) is 0.803. The van der Waals surface area contributed by atoms with Gasteiger partial charge in [-0.25, -0.2) is 0 Å². The van der Waals surface area contributed by atoms with Gasteiger partial charge in [0.1, 0.15) is 6.35 Å². The molecule has 0 aliphatic carbocycles. The summed E-state index contributed by atoms with van der Waals surface area (Å²) in [7, 11) is 0.940. The Morgan fingerprint density at radius 2 is 2.09 bits per heavy atom. The van der Waals surface area contributed by atoms with Crippen molar-refractivity contribution >= 4 is 15.4 Å². The molecule has 0 heterocycles. The summed E-state index contributed by atoms with van der Waals surface area (Å²) in [4.78, 5) is 16.6. The summed E-state index contributed by atoms with van der Waals surface area (Å²) >= 11 is 0. The van der Waals surface area contributed by atoms with Gasteiger partial charge in [-0.05, 0) is 0 Å². The Morgan fingerprint density at radius 1 is 1.55 bits per heavy atom. The van der Waals surface area contributed by atoms with Crippen LogP contribution in [0.3, 0.4) is 0 Å². The Labute approximate surface area is 65.9 Å². The van der Waals surface area contributed by atoms with Crippen molar-refractivity contribution < 1.29 is 24.2 Å². The van der Waals surface area contributed by atoms with Crippen LogP contribution < -0.4 is 0 Å². The summed E-state index contributed by atoms with van der Waals surface area (Å²) in [5, 5.41) is 8.46. The second-order valence-corrected chi connectivity index (χ2v) is 3.59. The van der Waals surface area contributed by atoms with Crippen LogP contribution in [0.4, 0.5) is 0 Å². The molecular weight excluding hydrogens is 170 g/mol. The highest BCUT2D eigenvalue weighted by molar-refractivity contribution is 7.51. The predicted molar refractivity (Wildman–Crippen MR) is 39.4 cm³/mol. The normalized spacial score (nSPS) is 14.8. The smallest absolute Gasteiger partial charge is 0.350 e. The van der Waals surface area contributed by atoms with Crippen LogP contribution >= 0.6 is 7.60 Å². The van der Waals surface area contributed by atoms with Crippen molar-refractivity contribution in [3.63, 3.8) is 0 Å². The number of aliphatic hydroxyl groups excluding tert-OH is 1. The van der Waals surface area contributed by atoms with Crippen molar-refractivity contribution in [2.24, 2.45) is 0 Å². The number of hydrogen-bond donors (Lipinski definition) is 3. The molecule has 0 saturated carbocycles. The zero-order chi connectivity index (χ0) is 8.91. The van der Waals surface area contributed by atoms with E-state index in [0.29, 0.717) is 0 Å². The summed E-state index contributed by atoms with van der Waals surface area (Å²) < 4.78 is 14.8. The van der Waals surface area contributed by atoms with E-state index < -0.39 is 20.0 Å². The molecule has 0 fully saturated rings. The van der Waals surface area contributed by atoms with Gasteiger partial charge in [-0.1, -0.05) is 6.32 Å². The number of ether oxygens (including phenoxy) is 1. The van der Waals surface area contributed by atoms with Crippen molar-refractivity contribution in [3.8, 4) is 0 Å². The monoisotopic (exact) mass is 180 g/mol. The van der Waals surface area contributed by atoms with E-state index >= 15 is 0 Å². The van der Waals surface area contributed by atoms with Gasteiger partial charge in [0, 0.05) is 0 Å². The van der Waals surface area contributed by atoms with E-state index in [0.717, 1.165) is 0 Å². The molecule has 0 bridgehead atoms. The van der Waals surface area contributed by atoms with E-state index in [1.165, 1.54) is 0 Å². The molecule has 0 amide bonds. The van der Waals surface area contributed by atoms with Crippen molar-refractivity contribution in [2.75, 3.05) is 13.0 Å². The molecule has 5 nitrogen and oxygen atoms in total. The molecule has 0 aliphatic heterocycles. The third-order valence-corrected chi connectivity index (χ3v) is 1.43. The van der Waals surface area contributed by atoms with E-state index in [2.05, 4.69) is 4.74 Å². The molecule has 0 unspecified atom stereocenters. The van der Waals surface area contributed by atoms with Gasteiger partial charge in [-0.2, -0.15) is 0 Å². The lowest BCUT2D eigenvalue weighted by molar-refractivity contribution is 0.0432. The van der Waals surface area contributed by atoms with Crippen LogP contribution in [-0.2, 0) is 9.30 Å². The minimum atomic E-state index is -4.13. The lowest BCUT2D eigenvalue weighted by atomic mass is 10.0. The first-order valence-electron chi connectivity index (χ1n) is 2.96. The van der Waals surface area contributed by atoms with Gasteiger partial charge in [0.2, 0.25) is 0 Å². The summed E-state index contributed by atoms with van der Waals surface area (Å²) in [6.45, 7) is -0.337. The first-order chi connectivity index (χ1) is 4.99. The van der Waals surface area contributed by atoms with E-state index in [4.69, 9.17) is 22.7 Å². The van der Waals surface area contributed by atoms with Gasteiger partial charge in [0.25, 0.3) is 0 Å². The van der Waals surface area contributed by atoms with Crippen molar-refractivity contribution in [3.05, 3.63) is 0 Å². The van der Waals surface area contributed by atoms with Crippen molar-refractivity contribution in [1.29, 1.82) is 0 Å². The largest absolute Gasteiger partial charge is 0.394 e. The van der Waals surface area contributed by atoms with Crippen LogP contribution in [0.1, 0.15) is 0 Å². The topological polar surface area (TPSA) is 87.0 Å². The standard InChI is InChI=1S/C4H10BO5P/c5-1-4(2-6)10-3-11(7,8)9/h4,6H,1-3H2,(H2,7,8,9)/t4-/m0/s1. The minimum absolute atomic E-state index is 0.0382. The fraction of sp³-hybridized carbons (Fsp3) is 1.00. The third-order valence-electron chi connectivity index (χ3n) is 0.945. The van der Waals surface area contributed by atoms with E-state index in [-0.39, 0.29) is 12.9 Å². The lowest BCUT2D eigenvalue weighted by Crippen LogP contribution is -2.17. The quantitative estimate of drug-likeness (QED) is 0.376. The number of rotatable bonds is 5. The molecule has 0 rings (SSSR count). The average molecular weight is 180 g/mol. The van der Waals surface area contributed by atoms with E-state index in [1.54, 1.807) is 0 Å². The third kappa shape index (κ3) is 6.53. The number of hydrogen-bond acceptors (Lipinski definition) is 3. The Morgan fingerprint density at radius 3 is 2.36 bits per heavy atom. The Kier molecular flexibility index (Phi) is 4.96. The van der Waals surface area contributed by atoms with Crippen LogP contribution in [-0.4, -0.2) is 41.8 Å². The van der Waals surface area contributed by atoms with Crippen LogP contribution in [0.5, 0.6) is 0 Å². The van der Waals surface area contributed by atoms with Gasteiger partial charge in [0.05, 0.1) is 20.6 Å². The Balaban J connectivity index is 3.59. The van der Waals surface area contributed by atoms with Crippen molar-refractivity contribution in [1.82, 2.24) is 0 Å².